The van der Waals surface area contributed by atoms with Gasteiger partial charge >= 0.3 is 5.97 Å². The normalized spacial score (nSPS) is 17.8. The third-order valence-electron chi connectivity index (χ3n) is 6.31. The monoisotopic (exact) mass is 469 g/mol. The number of likely N-dealkylation sites (tertiary alicyclic amines) is 1. The minimum Gasteiger partial charge on any atom is -0.497 e. The van der Waals surface area contributed by atoms with Gasteiger partial charge in [-0.1, -0.05) is 5.16 Å². The molecule has 34 heavy (non-hydrogen) atoms. The Labute approximate surface area is 199 Å². The second-order valence-electron chi connectivity index (χ2n) is 8.72. The summed E-state index contributed by atoms with van der Waals surface area (Å²) in [5.41, 5.74) is 1.02. The summed E-state index contributed by atoms with van der Waals surface area (Å²) in [6.07, 6.45) is 3.54. The molecule has 1 aliphatic carbocycles. The van der Waals surface area contributed by atoms with E-state index >= 15 is 0 Å². The van der Waals surface area contributed by atoms with Crippen molar-refractivity contribution >= 4 is 17.8 Å². The number of hydrogen-bond donors (Lipinski definition) is 0. The molecule has 1 saturated heterocycles. The molecule has 1 saturated carbocycles. The zero-order chi connectivity index (χ0) is 24.1. The molecule has 182 valence electrons. The zero-order valence-corrected chi connectivity index (χ0v) is 19.7. The maximum absolute atomic E-state index is 13.2. The average Bonchev–Trinajstić information content (AvgIpc) is 3.58. The zero-order valence-electron chi connectivity index (χ0n) is 19.7. The van der Waals surface area contributed by atoms with Crippen LogP contribution in [0.4, 0.5) is 0 Å². The highest BCUT2D eigenvalue weighted by atomic mass is 16.5. The van der Waals surface area contributed by atoms with E-state index in [-0.39, 0.29) is 41.9 Å². The highest BCUT2D eigenvalue weighted by Gasteiger charge is 2.35. The molecule has 1 atom stereocenters. The van der Waals surface area contributed by atoms with E-state index in [4.69, 9.17) is 14.0 Å². The van der Waals surface area contributed by atoms with E-state index in [0.717, 1.165) is 37.0 Å². The first-order chi connectivity index (χ1) is 16.5. The fraction of sp³-hybridized carbons (Fsp3) is 0.520. The molecule has 0 spiro atoms. The smallest absolute Gasteiger partial charge is 0.310 e. The lowest BCUT2D eigenvalue weighted by Crippen LogP contribution is -2.44. The number of carbonyl (C=O) groups is 3. The van der Waals surface area contributed by atoms with Crippen molar-refractivity contribution in [3.63, 3.8) is 0 Å². The summed E-state index contributed by atoms with van der Waals surface area (Å²) < 4.78 is 15.7. The van der Waals surface area contributed by atoms with E-state index in [9.17, 15) is 14.4 Å². The predicted octanol–water partition coefficient (Wildman–Crippen LogP) is 3.15. The van der Waals surface area contributed by atoms with Gasteiger partial charge in [-0.15, -0.1) is 0 Å². The van der Waals surface area contributed by atoms with Gasteiger partial charge in [0, 0.05) is 43.7 Å². The van der Waals surface area contributed by atoms with Crippen molar-refractivity contribution in [1.82, 2.24) is 15.0 Å². The Morgan fingerprint density at radius 1 is 1.18 bits per heavy atom. The van der Waals surface area contributed by atoms with Crippen LogP contribution in [-0.4, -0.2) is 72.1 Å². The van der Waals surface area contributed by atoms with Crippen LogP contribution in [0.1, 0.15) is 49.5 Å². The van der Waals surface area contributed by atoms with Gasteiger partial charge in [0.05, 0.1) is 19.6 Å². The van der Waals surface area contributed by atoms with Gasteiger partial charge in [-0.05, 0) is 56.9 Å². The highest BCUT2D eigenvalue weighted by molar-refractivity contribution is 5.94. The molecule has 4 rings (SSSR count). The Hall–Kier alpha value is -3.36. The van der Waals surface area contributed by atoms with Crippen LogP contribution < -0.4 is 4.74 Å². The molecule has 2 aromatic rings. The standard InChI is InChI=1S/C25H31N3O6/c1-3-33-25(31)18-5-4-13-27(16-18)23(29)12-14-28(19-8-9-19)24(30)21-15-22(34-26-21)17-6-10-20(32-2)11-7-17/h6-7,10-11,15,18-19H,3-5,8-9,12-14,16H2,1-2H3. The largest absolute Gasteiger partial charge is 0.497 e. The molecular formula is C25H31N3O6. The fourth-order valence-electron chi connectivity index (χ4n) is 4.28. The number of ether oxygens (including phenoxy) is 2. The first kappa shape index (κ1) is 23.8. The van der Waals surface area contributed by atoms with Crippen LogP contribution in [0, 0.1) is 5.92 Å². The van der Waals surface area contributed by atoms with Gasteiger partial charge in [-0.25, -0.2) is 0 Å². The van der Waals surface area contributed by atoms with Crippen LogP contribution in [0.2, 0.25) is 0 Å². The van der Waals surface area contributed by atoms with Crippen LogP contribution in [0.25, 0.3) is 11.3 Å². The number of hydrogen-bond acceptors (Lipinski definition) is 7. The maximum Gasteiger partial charge on any atom is 0.310 e. The van der Waals surface area contributed by atoms with E-state index < -0.39 is 0 Å². The summed E-state index contributed by atoms with van der Waals surface area (Å²) in [4.78, 5) is 41.6. The second-order valence-corrected chi connectivity index (χ2v) is 8.72. The van der Waals surface area contributed by atoms with E-state index in [1.807, 2.05) is 24.3 Å². The third-order valence-corrected chi connectivity index (χ3v) is 6.31. The van der Waals surface area contributed by atoms with Crippen LogP contribution in [-0.2, 0) is 14.3 Å². The molecule has 1 aromatic carbocycles. The highest BCUT2D eigenvalue weighted by Crippen LogP contribution is 2.30. The topological polar surface area (TPSA) is 102 Å². The van der Waals surface area contributed by atoms with Gasteiger partial charge in [0.25, 0.3) is 5.91 Å². The number of amides is 2. The van der Waals surface area contributed by atoms with Crippen molar-refractivity contribution in [2.45, 2.75) is 45.1 Å². The Balaban J connectivity index is 1.36. The van der Waals surface area contributed by atoms with Gasteiger partial charge in [0.15, 0.2) is 11.5 Å². The molecule has 0 radical (unpaired) electrons. The van der Waals surface area contributed by atoms with Crippen molar-refractivity contribution in [3.8, 4) is 17.1 Å². The van der Waals surface area contributed by atoms with Gasteiger partial charge < -0.3 is 23.8 Å². The van der Waals surface area contributed by atoms with Crippen LogP contribution >= 0.6 is 0 Å². The minimum atomic E-state index is -0.273. The van der Waals surface area contributed by atoms with E-state index in [0.29, 0.717) is 32.0 Å². The second kappa shape index (κ2) is 10.7. The summed E-state index contributed by atoms with van der Waals surface area (Å²) in [7, 11) is 1.60. The number of esters is 1. The van der Waals surface area contributed by atoms with Gasteiger partial charge in [0.1, 0.15) is 5.75 Å². The van der Waals surface area contributed by atoms with Crippen molar-refractivity contribution in [1.29, 1.82) is 0 Å². The molecule has 2 amide bonds. The van der Waals surface area contributed by atoms with Crippen molar-refractivity contribution in [3.05, 3.63) is 36.0 Å². The lowest BCUT2D eigenvalue weighted by atomic mass is 9.98. The number of rotatable bonds is 9. The van der Waals surface area contributed by atoms with E-state index in [1.54, 1.807) is 29.9 Å². The van der Waals surface area contributed by atoms with Crippen LogP contribution in [0.15, 0.2) is 34.9 Å². The van der Waals surface area contributed by atoms with Gasteiger partial charge in [-0.3, -0.25) is 14.4 Å². The summed E-state index contributed by atoms with van der Waals surface area (Å²) in [6.45, 7) is 3.43. The number of methoxy groups -OCH3 is 1. The molecule has 2 aliphatic rings. The Kier molecular flexibility index (Phi) is 7.49. The summed E-state index contributed by atoms with van der Waals surface area (Å²) >= 11 is 0. The number of aromatic nitrogens is 1. The summed E-state index contributed by atoms with van der Waals surface area (Å²) in [5, 5.41) is 3.99. The predicted molar refractivity (Wildman–Crippen MR) is 123 cm³/mol. The SMILES string of the molecule is CCOC(=O)C1CCCN(C(=O)CCN(C(=O)c2cc(-c3ccc(OC)cc3)on2)C2CC2)C1. The van der Waals surface area contributed by atoms with Gasteiger partial charge in [0.2, 0.25) is 5.91 Å². The van der Waals surface area contributed by atoms with E-state index in [1.165, 1.54) is 0 Å². The van der Waals surface area contributed by atoms with E-state index in [2.05, 4.69) is 5.16 Å². The first-order valence-corrected chi connectivity index (χ1v) is 11.9. The number of carbonyl (C=O) groups excluding carboxylic acids is 3. The van der Waals surface area contributed by atoms with Crippen molar-refractivity contribution in [2.24, 2.45) is 5.92 Å². The lowest BCUT2D eigenvalue weighted by Gasteiger charge is -2.32. The van der Waals surface area contributed by atoms with Crippen LogP contribution in [0.3, 0.4) is 0 Å². The molecule has 9 heteroatoms. The minimum absolute atomic E-state index is 0.0495. The quantitative estimate of drug-likeness (QED) is 0.520. The van der Waals surface area contributed by atoms with Gasteiger partial charge in [-0.2, -0.15) is 0 Å². The number of nitrogens with zero attached hydrogens (tertiary/aromatic N) is 3. The summed E-state index contributed by atoms with van der Waals surface area (Å²) in [5.74, 6) is 0.426. The molecule has 0 bridgehead atoms. The Morgan fingerprint density at radius 3 is 2.62 bits per heavy atom. The molecule has 1 aliphatic heterocycles. The molecule has 9 nitrogen and oxygen atoms in total. The summed E-state index contributed by atoms with van der Waals surface area (Å²) in [6, 6.07) is 9.06. The molecule has 0 N–H and O–H groups in total. The Morgan fingerprint density at radius 2 is 1.94 bits per heavy atom. The lowest BCUT2D eigenvalue weighted by molar-refractivity contribution is -0.151. The number of piperidine rings is 1. The third kappa shape index (κ3) is 5.58. The maximum atomic E-state index is 13.2. The average molecular weight is 470 g/mol. The fourth-order valence-corrected chi connectivity index (χ4v) is 4.28. The number of benzene rings is 1. The molecular weight excluding hydrogens is 438 g/mol. The molecule has 1 aromatic heterocycles. The molecule has 2 heterocycles. The van der Waals surface area contributed by atoms with Crippen molar-refractivity contribution in [2.75, 3.05) is 33.4 Å². The molecule has 2 fully saturated rings. The Bertz CT molecular complexity index is 1010. The first-order valence-electron chi connectivity index (χ1n) is 11.9. The van der Waals surface area contributed by atoms with Crippen molar-refractivity contribution < 1.29 is 28.4 Å². The van der Waals surface area contributed by atoms with Crippen LogP contribution in [0.5, 0.6) is 5.75 Å². The molecule has 1 unspecified atom stereocenters.